The molecule has 0 atom stereocenters. The number of pyridine rings is 1. The summed E-state index contributed by atoms with van der Waals surface area (Å²) in [6.07, 6.45) is -3.23. The normalized spacial score (nSPS) is 11.7. The van der Waals surface area contributed by atoms with E-state index in [2.05, 4.69) is 51.7 Å². The van der Waals surface area contributed by atoms with Gasteiger partial charge in [-0.1, -0.05) is 146 Å². The second-order valence-electron chi connectivity index (χ2n) is 13.2. The van der Waals surface area contributed by atoms with Gasteiger partial charge >= 0.3 is 12.1 Å². The molecule has 0 aliphatic heterocycles. The summed E-state index contributed by atoms with van der Waals surface area (Å²) >= 11 is 0. The van der Waals surface area contributed by atoms with E-state index in [0.29, 0.717) is 25.3 Å². The van der Waals surface area contributed by atoms with Crippen molar-refractivity contribution in [2.45, 2.75) is 38.5 Å². The molecule has 11 heteroatoms. The summed E-state index contributed by atoms with van der Waals surface area (Å²) < 4.78 is 48.0. The maximum absolute atomic E-state index is 13.6. The van der Waals surface area contributed by atoms with Crippen molar-refractivity contribution in [3.63, 3.8) is 0 Å². The van der Waals surface area contributed by atoms with E-state index in [-0.39, 0.29) is 18.0 Å². The predicted octanol–water partition coefficient (Wildman–Crippen LogP) is 9.85. The van der Waals surface area contributed by atoms with Gasteiger partial charge in [0.05, 0.1) is 12.2 Å². The zero-order valence-corrected chi connectivity index (χ0v) is 30.9. The van der Waals surface area contributed by atoms with Crippen LogP contribution in [-0.4, -0.2) is 44.3 Å². The fourth-order valence-corrected chi connectivity index (χ4v) is 7.18. The van der Waals surface area contributed by atoms with E-state index >= 15 is 0 Å². The van der Waals surface area contributed by atoms with Gasteiger partial charge in [0.15, 0.2) is 5.82 Å². The minimum absolute atomic E-state index is 0.0172. The van der Waals surface area contributed by atoms with Crippen molar-refractivity contribution >= 4 is 11.8 Å². The standard InChI is InChI=1S/C45H39F3N6O2/c1-3-28-53(41-40(43(55)56-4-2)29-37(30-49-41)45(46,47)48)31-32-24-26-33(27-25-32)38-22-14-15-23-39(38)42-50-51-52-54(42)44(34-16-8-5-9-17-34,35-18-10-6-11-19-35)36-20-12-7-13-21-36/h5-27,29-30H,3-4,28,31H2,1-2H3. The number of hydrogen-bond acceptors (Lipinski definition) is 7. The lowest BCUT2D eigenvalue weighted by Crippen LogP contribution is -2.39. The molecule has 5 aromatic carbocycles. The zero-order valence-electron chi connectivity index (χ0n) is 30.9. The van der Waals surface area contributed by atoms with E-state index in [9.17, 15) is 18.0 Å². The van der Waals surface area contributed by atoms with Crippen LogP contribution in [0, 0.1) is 0 Å². The summed E-state index contributed by atoms with van der Waals surface area (Å²) in [5, 5.41) is 13.7. The van der Waals surface area contributed by atoms with Gasteiger partial charge in [-0.25, -0.2) is 14.5 Å². The fourth-order valence-electron chi connectivity index (χ4n) is 7.18. The van der Waals surface area contributed by atoms with Crippen molar-refractivity contribution in [2.75, 3.05) is 18.1 Å². The molecule has 8 nitrogen and oxygen atoms in total. The van der Waals surface area contributed by atoms with Crippen LogP contribution in [0.5, 0.6) is 0 Å². The number of carbonyl (C=O) groups excluding carboxylic acids is 1. The highest BCUT2D eigenvalue weighted by molar-refractivity contribution is 5.95. The first-order valence-electron chi connectivity index (χ1n) is 18.4. The Morgan fingerprint density at radius 1 is 0.714 bits per heavy atom. The number of esters is 1. The Bertz CT molecular complexity index is 2290. The van der Waals surface area contributed by atoms with E-state index in [0.717, 1.165) is 51.2 Å². The molecule has 0 saturated carbocycles. The minimum Gasteiger partial charge on any atom is -0.462 e. The molecular formula is C45H39F3N6O2. The fraction of sp³-hybridized carbons (Fsp3) is 0.178. The molecule has 0 fully saturated rings. The third-order valence-corrected chi connectivity index (χ3v) is 9.65. The van der Waals surface area contributed by atoms with Gasteiger partial charge in [-0.2, -0.15) is 13.2 Å². The molecule has 7 rings (SSSR count). The molecule has 0 unspecified atom stereocenters. The van der Waals surface area contributed by atoms with Crippen molar-refractivity contribution in [1.29, 1.82) is 0 Å². The van der Waals surface area contributed by atoms with Gasteiger partial charge in [-0.3, -0.25) is 0 Å². The molecule has 282 valence electrons. The Morgan fingerprint density at radius 3 is 1.80 bits per heavy atom. The Kier molecular flexibility index (Phi) is 11.0. The van der Waals surface area contributed by atoms with Crippen molar-refractivity contribution < 1.29 is 22.7 Å². The van der Waals surface area contributed by atoms with Gasteiger partial charge in [-0.15, -0.1) is 5.10 Å². The summed E-state index contributed by atoms with van der Waals surface area (Å²) in [6, 6.07) is 47.3. The lowest BCUT2D eigenvalue weighted by Gasteiger charge is -2.36. The Hall–Kier alpha value is -6.62. The molecule has 0 bridgehead atoms. The quantitative estimate of drug-likeness (QED) is 0.0857. The van der Waals surface area contributed by atoms with Crippen molar-refractivity contribution in [3.05, 3.63) is 185 Å². The van der Waals surface area contributed by atoms with Crippen LogP contribution in [0.15, 0.2) is 152 Å². The molecule has 2 heterocycles. The highest BCUT2D eigenvalue weighted by Gasteiger charge is 2.42. The smallest absolute Gasteiger partial charge is 0.417 e. The molecule has 56 heavy (non-hydrogen) atoms. The van der Waals surface area contributed by atoms with Crippen LogP contribution in [0.3, 0.4) is 0 Å². The number of nitrogens with zero attached hydrogens (tertiary/aromatic N) is 6. The highest BCUT2D eigenvalue weighted by Crippen LogP contribution is 2.43. The van der Waals surface area contributed by atoms with Gasteiger partial charge in [0.2, 0.25) is 0 Å². The lowest BCUT2D eigenvalue weighted by atomic mass is 9.77. The molecule has 7 aromatic rings. The van der Waals surface area contributed by atoms with E-state index < -0.39 is 23.2 Å². The van der Waals surface area contributed by atoms with E-state index in [1.807, 2.05) is 115 Å². The third kappa shape index (κ3) is 7.40. The molecule has 0 N–H and O–H groups in total. The summed E-state index contributed by atoms with van der Waals surface area (Å²) in [5.41, 5.74) is 4.28. The van der Waals surface area contributed by atoms with Crippen LogP contribution in [0.2, 0.25) is 0 Å². The van der Waals surface area contributed by atoms with E-state index in [1.54, 1.807) is 11.8 Å². The number of tetrazole rings is 1. The summed E-state index contributed by atoms with van der Waals surface area (Å²) in [4.78, 5) is 18.8. The Balaban J connectivity index is 1.29. The molecule has 0 amide bonds. The van der Waals surface area contributed by atoms with Crippen LogP contribution in [0.1, 0.15) is 58.4 Å². The maximum Gasteiger partial charge on any atom is 0.417 e. The molecule has 0 aliphatic carbocycles. The summed E-state index contributed by atoms with van der Waals surface area (Å²) in [5.74, 6) is -0.152. The van der Waals surface area contributed by atoms with Gasteiger partial charge in [0.25, 0.3) is 0 Å². The van der Waals surface area contributed by atoms with Gasteiger partial charge in [0.1, 0.15) is 16.9 Å². The van der Waals surface area contributed by atoms with Crippen molar-refractivity contribution in [1.82, 2.24) is 25.2 Å². The monoisotopic (exact) mass is 752 g/mol. The van der Waals surface area contributed by atoms with Crippen molar-refractivity contribution in [3.8, 4) is 22.5 Å². The SMILES string of the molecule is CCCN(Cc1ccc(-c2ccccc2-c2nnnn2C(c2ccccc2)(c2ccccc2)c2ccccc2)cc1)c1ncc(C(F)(F)F)cc1C(=O)OCC. The number of alkyl halides is 3. The average Bonchev–Trinajstić information content (AvgIpc) is 3.72. The molecular weight excluding hydrogens is 714 g/mol. The second-order valence-corrected chi connectivity index (χ2v) is 13.2. The first kappa shape index (κ1) is 37.7. The molecule has 0 saturated heterocycles. The van der Waals surface area contributed by atoms with Crippen LogP contribution in [0.25, 0.3) is 22.5 Å². The summed E-state index contributed by atoms with van der Waals surface area (Å²) in [6.45, 7) is 4.32. The number of benzene rings is 5. The van der Waals surface area contributed by atoms with Crippen molar-refractivity contribution in [2.24, 2.45) is 0 Å². The second kappa shape index (κ2) is 16.4. The largest absolute Gasteiger partial charge is 0.462 e. The molecule has 2 aromatic heterocycles. The summed E-state index contributed by atoms with van der Waals surface area (Å²) in [7, 11) is 0. The van der Waals surface area contributed by atoms with Crippen LogP contribution in [-0.2, 0) is 23.0 Å². The van der Waals surface area contributed by atoms with E-state index in [1.165, 1.54) is 0 Å². The number of anilines is 1. The number of halogens is 3. The van der Waals surface area contributed by atoms with Crippen LogP contribution >= 0.6 is 0 Å². The van der Waals surface area contributed by atoms with Gasteiger partial charge < -0.3 is 9.64 Å². The predicted molar refractivity (Wildman–Crippen MR) is 210 cm³/mol. The van der Waals surface area contributed by atoms with Gasteiger partial charge in [-0.05, 0) is 63.2 Å². The highest BCUT2D eigenvalue weighted by atomic mass is 19.4. The minimum atomic E-state index is -4.66. The Labute approximate surface area is 323 Å². The number of rotatable bonds is 13. The lowest BCUT2D eigenvalue weighted by molar-refractivity contribution is -0.137. The van der Waals surface area contributed by atoms with Gasteiger partial charge in [0, 0.05) is 24.8 Å². The topological polar surface area (TPSA) is 86.0 Å². The average molecular weight is 753 g/mol. The van der Waals surface area contributed by atoms with E-state index in [4.69, 9.17) is 9.95 Å². The number of carbonyl (C=O) groups is 1. The molecule has 0 spiro atoms. The number of aromatic nitrogens is 5. The first-order valence-corrected chi connectivity index (χ1v) is 18.4. The number of hydrogen-bond donors (Lipinski definition) is 0. The first-order chi connectivity index (χ1) is 27.2. The third-order valence-electron chi connectivity index (χ3n) is 9.65. The Morgan fingerprint density at radius 2 is 1.27 bits per heavy atom. The molecule has 0 aliphatic rings. The van der Waals surface area contributed by atoms with Crippen LogP contribution in [0.4, 0.5) is 19.0 Å². The molecule has 0 radical (unpaired) electrons. The zero-order chi connectivity index (χ0) is 39.1. The maximum atomic E-state index is 13.6. The van der Waals surface area contributed by atoms with Crippen LogP contribution < -0.4 is 4.90 Å². The number of ether oxygens (including phenoxy) is 1.